The van der Waals surface area contributed by atoms with E-state index < -0.39 is 10.8 Å². The van der Waals surface area contributed by atoms with Crippen molar-refractivity contribution < 1.29 is 14.1 Å². The van der Waals surface area contributed by atoms with E-state index in [-0.39, 0.29) is 23.1 Å². The standard InChI is InChI=1S/C17H26N2O3S/c1-3-23(22)16-7-5-4-6-15(16)18-17(21)19(2)12-13-8-10-14(20)11-9-13/h8-11,15-16,20H,3-7,12H2,1-2H3,(H,18,21). The van der Waals surface area contributed by atoms with Crippen LogP contribution in [0.3, 0.4) is 0 Å². The van der Waals surface area contributed by atoms with Crippen molar-refractivity contribution in [1.29, 1.82) is 0 Å². The molecule has 1 aliphatic carbocycles. The van der Waals surface area contributed by atoms with E-state index in [0.717, 1.165) is 31.2 Å². The molecule has 1 saturated carbocycles. The number of urea groups is 1. The Bertz CT molecular complexity index is 547. The van der Waals surface area contributed by atoms with Crippen molar-refractivity contribution in [3.63, 3.8) is 0 Å². The van der Waals surface area contributed by atoms with Gasteiger partial charge in [-0.1, -0.05) is 31.9 Å². The van der Waals surface area contributed by atoms with Gasteiger partial charge in [0.1, 0.15) is 5.75 Å². The topological polar surface area (TPSA) is 69.6 Å². The molecule has 0 radical (unpaired) electrons. The van der Waals surface area contributed by atoms with Crippen molar-refractivity contribution in [3.05, 3.63) is 29.8 Å². The summed E-state index contributed by atoms with van der Waals surface area (Å²) in [5.41, 5.74) is 0.956. The third-order valence-electron chi connectivity index (χ3n) is 4.34. The van der Waals surface area contributed by atoms with E-state index >= 15 is 0 Å². The fraction of sp³-hybridized carbons (Fsp3) is 0.588. The lowest BCUT2D eigenvalue weighted by atomic mass is 9.95. The number of aromatic hydroxyl groups is 1. The zero-order chi connectivity index (χ0) is 16.8. The molecule has 3 atom stereocenters. The molecule has 1 aromatic rings. The van der Waals surface area contributed by atoms with Crippen LogP contribution in [0.2, 0.25) is 0 Å². The largest absolute Gasteiger partial charge is 0.508 e. The van der Waals surface area contributed by atoms with E-state index in [0.29, 0.717) is 12.3 Å². The van der Waals surface area contributed by atoms with Gasteiger partial charge in [0.2, 0.25) is 0 Å². The third-order valence-corrected chi connectivity index (χ3v) is 6.15. The van der Waals surface area contributed by atoms with Crippen LogP contribution >= 0.6 is 0 Å². The summed E-state index contributed by atoms with van der Waals surface area (Å²) in [6.07, 6.45) is 3.98. The lowest BCUT2D eigenvalue weighted by Gasteiger charge is -2.32. The maximum Gasteiger partial charge on any atom is 0.317 e. The average Bonchev–Trinajstić information content (AvgIpc) is 2.56. The molecule has 1 fully saturated rings. The number of hydrogen-bond donors (Lipinski definition) is 2. The number of phenolic OH excluding ortho intramolecular Hbond substituents is 1. The van der Waals surface area contributed by atoms with Crippen LogP contribution in [-0.2, 0) is 17.3 Å². The molecule has 5 nitrogen and oxygen atoms in total. The zero-order valence-electron chi connectivity index (χ0n) is 13.8. The Hall–Kier alpha value is -1.56. The summed E-state index contributed by atoms with van der Waals surface area (Å²) >= 11 is 0. The molecule has 3 unspecified atom stereocenters. The van der Waals surface area contributed by atoms with Gasteiger partial charge in [-0.3, -0.25) is 4.21 Å². The van der Waals surface area contributed by atoms with Gasteiger partial charge in [-0.25, -0.2) is 4.79 Å². The predicted octanol–water partition coefficient (Wildman–Crippen LogP) is 2.61. The van der Waals surface area contributed by atoms with E-state index in [1.165, 1.54) is 0 Å². The first-order chi connectivity index (χ1) is 11.0. The van der Waals surface area contributed by atoms with Crippen molar-refractivity contribution in [3.8, 4) is 5.75 Å². The van der Waals surface area contributed by atoms with Gasteiger partial charge in [0.25, 0.3) is 0 Å². The first-order valence-corrected chi connectivity index (χ1v) is 9.56. The summed E-state index contributed by atoms with van der Waals surface area (Å²) in [7, 11) is 0.872. The van der Waals surface area contributed by atoms with Crippen LogP contribution in [0.5, 0.6) is 5.75 Å². The van der Waals surface area contributed by atoms with Gasteiger partial charge < -0.3 is 15.3 Å². The van der Waals surface area contributed by atoms with Gasteiger partial charge in [0, 0.05) is 36.2 Å². The average molecular weight is 338 g/mol. The number of phenols is 1. The van der Waals surface area contributed by atoms with Crippen molar-refractivity contribution in [2.45, 2.75) is 50.4 Å². The molecule has 0 saturated heterocycles. The minimum absolute atomic E-state index is 0.000647. The molecule has 0 spiro atoms. The monoisotopic (exact) mass is 338 g/mol. The fourth-order valence-corrected chi connectivity index (χ4v) is 4.43. The summed E-state index contributed by atoms with van der Waals surface area (Å²) in [5, 5.41) is 12.4. The highest BCUT2D eigenvalue weighted by Crippen LogP contribution is 2.23. The molecular formula is C17H26N2O3S. The normalized spacial score (nSPS) is 22.3. The lowest BCUT2D eigenvalue weighted by Crippen LogP contribution is -2.50. The molecule has 1 aromatic carbocycles. The Morgan fingerprint density at radius 3 is 2.61 bits per heavy atom. The maximum atomic E-state index is 12.4. The van der Waals surface area contributed by atoms with Crippen LogP contribution in [0.1, 0.15) is 38.2 Å². The predicted molar refractivity (Wildman–Crippen MR) is 92.8 cm³/mol. The second-order valence-corrected chi connectivity index (χ2v) is 8.02. The number of benzene rings is 1. The number of nitrogens with zero attached hydrogens (tertiary/aromatic N) is 1. The van der Waals surface area contributed by atoms with Crippen LogP contribution in [0, 0.1) is 0 Å². The number of rotatable bonds is 5. The minimum Gasteiger partial charge on any atom is -0.508 e. The molecule has 0 bridgehead atoms. The van der Waals surface area contributed by atoms with Crippen molar-refractivity contribution >= 4 is 16.8 Å². The van der Waals surface area contributed by atoms with Crippen LogP contribution in [0.15, 0.2) is 24.3 Å². The Morgan fingerprint density at radius 2 is 1.96 bits per heavy atom. The van der Waals surface area contributed by atoms with Gasteiger partial charge in [-0.2, -0.15) is 0 Å². The second kappa shape index (κ2) is 8.34. The lowest BCUT2D eigenvalue weighted by molar-refractivity contribution is 0.199. The van der Waals surface area contributed by atoms with E-state index in [1.54, 1.807) is 36.2 Å². The summed E-state index contributed by atoms with van der Waals surface area (Å²) in [6.45, 7) is 2.40. The molecule has 2 amide bonds. The quantitative estimate of drug-likeness (QED) is 0.867. The Labute approximate surface area is 140 Å². The Balaban J connectivity index is 1.93. The molecule has 0 aromatic heterocycles. The van der Waals surface area contributed by atoms with Crippen molar-refractivity contribution in [2.75, 3.05) is 12.8 Å². The highest BCUT2D eigenvalue weighted by Gasteiger charge is 2.30. The molecule has 2 rings (SSSR count). The molecule has 0 aliphatic heterocycles. The second-order valence-electron chi connectivity index (χ2n) is 6.07. The number of hydrogen-bond acceptors (Lipinski definition) is 3. The van der Waals surface area contributed by atoms with E-state index in [2.05, 4.69) is 5.32 Å². The minimum atomic E-state index is -0.875. The van der Waals surface area contributed by atoms with Gasteiger partial charge in [-0.05, 0) is 30.5 Å². The highest BCUT2D eigenvalue weighted by molar-refractivity contribution is 7.85. The van der Waals surface area contributed by atoms with Crippen molar-refractivity contribution in [1.82, 2.24) is 10.2 Å². The van der Waals surface area contributed by atoms with Crippen LogP contribution in [0.25, 0.3) is 0 Å². The fourth-order valence-electron chi connectivity index (χ4n) is 3.01. The summed E-state index contributed by atoms with van der Waals surface area (Å²) in [6, 6.07) is 6.69. The van der Waals surface area contributed by atoms with Crippen LogP contribution in [-0.4, -0.2) is 44.3 Å². The first kappa shape index (κ1) is 17.8. The first-order valence-electron chi connectivity index (χ1n) is 8.18. The van der Waals surface area contributed by atoms with E-state index in [9.17, 15) is 14.1 Å². The van der Waals surface area contributed by atoms with Gasteiger partial charge in [0.15, 0.2) is 0 Å². The highest BCUT2D eigenvalue weighted by atomic mass is 32.2. The molecule has 0 heterocycles. The maximum absolute atomic E-state index is 12.4. The summed E-state index contributed by atoms with van der Waals surface area (Å²) in [5.74, 6) is 0.855. The Morgan fingerprint density at radius 1 is 1.30 bits per heavy atom. The zero-order valence-corrected chi connectivity index (χ0v) is 14.6. The van der Waals surface area contributed by atoms with E-state index in [1.807, 2.05) is 6.92 Å². The Kier molecular flexibility index (Phi) is 6.45. The smallest absolute Gasteiger partial charge is 0.317 e. The van der Waals surface area contributed by atoms with Crippen LogP contribution < -0.4 is 5.32 Å². The molecule has 1 aliphatic rings. The van der Waals surface area contributed by atoms with Gasteiger partial charge in [-0.15, -0.1) is 0 Å². The molecule has 23 heavy (non-hydrogen) atoms. The molecule has 6 heteroatoms. The van der Waals surface area contributed by atoms with Gasteiger partial charge >= 0.3 is 6.03 Å². The molecule has 128 valence electrons. The van der Waals surface area contributed by atoms with Gasteiger partial charge in [0.05, 0.1) is 5.25 Å². The number of carbonyl (C=O) groups excluding carboxylic acids is 1. The SMILES string of the molecule is CCS(=O)C1CCCCC1NC(=O)N(C)Cc1ccc(O)cc1. The van der Waals surface area contributed by atoms with Crippen molar-refractivity contribution in [2.24, 2.45) is 0 Å². The molecular weight excluding hydrogens is 312 g/mol. The number of amides is 2. The summed E-state index contributed by atoms with van der Waals surface area (Å²) < 4.78 is 12.2. The summed E-state index contributed by atoms with van der Waals surface area (Å²) in [4.78, 5) is 14.0. The number of carbonyl (C=O) groups is 1. The number of nitrogens with one attached hydrogen (secondary N) is 1. The third kappa shape index (κ3) is 4.96. The van der Waals surface area contributed by atoms with E-state index in [4.69, 9.17) is 0 Å². The van der Waals surface area contributed by atoms with Crippen LogP contribution in [0.4, 0.5) is 4.79 Å². The molecule has 2 N–H and O–H groups in total.